The van der Waals surface area contributed by atoms with Crippen LogP contribution in [0.5, 0.6) is 0 Å². The maximum Gasteiger partial charge on any atom is 0.262 e. The summed E-state index contributed by atoms with van der Waals surface area (Å²) in [6.07, 6.45) is 6.45. The minimum absolute atomic E-state index is 0.00298. The van der Waals surface area contributed by atoms with Crippen LogP contribution in [0.2, 0.25) is 0 Å². The van der Waals surface area contributed by atoms with Gasteiger partial charge in [-0.25, -0.2) is 13.8 Å². The highest BCUT2D eigenvalue weighted by molar-refractivity contribution is 7.18. The lowest BCUT2D eigenvalue weighted by Gasteiger charge is -2.23. The number of fused-ring (bicyclic) bond motifs is 3. The number of aryl methyl sites for hydroxylation is 3. The number of nitrogens with zero attached hydrogens (tertiary/aromatic N) is 3. The average Bonchev–Trinajstić information content (AvgIpc) is 3.17. The van der Waals surface area contributed by atoms with E-state index in [1.54, 1.807) is 28.4 Å². The molecule has 0 saturated heterocycles. The summed E-state index contributed by atoms with van der Waals surface area (Å²) in [6.45, 7) is 0.881. The Hall–Kier alpha value is -2.97. The Labute approximate surface area is 187 Å². The first-order chi connectivity index (χ1) is 15.6. The Morgan fingerprint density at radius 2 is 2.09 bits per heavy atom. The molecule has 3 heterocycles. The minimum Gasteiger partial charge on any atom is -0.309 e. The molecule has 3 aromatic heterocycles. The van der Waals surface area contributed by atoms with Crippen molar-refractivity contribution in [3.63, 3.8) is 0 Å². The van der Waals surface area contributed by atoms with Crippen molar-refractivity contribution in [2.24, 2.45) is 0 Å². The molecule has 5 rings (SSSR count). The number of halogens is 2. The van der Waals surface area contributed by atoms with Gasteiger partial charge in [-0.2, -0.15) is 0 Å². The van der Waals surface area contributed by atoms with Crippen LogP contribution in [0.25, 0.3) is 10.2 Å². The molecule has 5 nitrogen and oxygen atoms in total. The van der Waals surface area contributed by atoms with E-state index >= 15 is 0 Å². The summed E-state index contributed by atoms with van der Waals surface area (Å²) < 4.78 is 28.7. The predicted octanol–water partition coefficient (Wildman–Crippen LogP) is 4.02. The SMILES string of the molecule is O=c1c2c3c(sc2ncn1CCc1ccccn1)C[C@@H](NCc1ccc(F)cc1F)CC3. The molecular weight excluding hydrogens is 430 g/mol. The lowest BCUT2D eigenvalue weighted by atomic mass is 9.93. The van der Waals surface area contributed by atoms with Crippen molar-refractivity contribution in [3.8, 4) is 0 Å². The normalized spacial score (nSPS) is 15.8. The first kappa shape index (κ1) is 20.9. The minimum atomic E-state index is -0.572. The van der Waals surface area contributed by atoms with E-state index in [0.29, 0.717) is 25.1 Å². The molecule has 0 amide bonds. The predicted molar refractivity (Wildman–Crippen MR) is 121 cm³/mol. The largest absolute Gasteiger partial charge is 0.309 e. The molecule has 32 heavy (non-hydrogen) atoms. The van der Waals surface area contributed by atoms with Gasteiger partial charge in [-0.15, -0.1) is 11.3 Å². The number of aromatic nitrogens is 3. The Morgan fingerprint density at radius 1 is 1.19 bits per heavy atom. The molecule has 0 fully saturated rings. The van der Waals surface area contributed by atoms with Crippen LogP contribution in [0.15, 0.2) is 53.7 Å². The van der Waals surface area contributed by atoms with Gasteiger partial charge in [-0.05, 0) is 43.0 Å². The molecule has 0 spiro atoms. The van der Waals surface area contributed by atoms with E-state index in [0.717, 1.165) is 51.7 Å². The van der Waals surface area contributed by atoms with E-state index in [1.165, 1.54) is 12.1 Å². The summed E-state index contributed by atoms with van der Waals surface area (Å²) in [4.78, 5) is 24.0. The quantitative estimate of drug-likeness (QED) is 0.480. The first-order valence-electron chi connectivity index (χ1n) is 10.7. The van der Waals surface area contributed by atoms with Crippen LogP contribution in [-0.4, -0.2) is 20.6 Å². The molecule has 0 saturated carbocycles. The molecule has 1 aromatic carbocycles. The van der Waals surface area contributed by atoms with Crippen LogP contribution in [0.4, 0.5) is 8.78 Å². The number of nitrogens with one attached hydrogen (secondary N) is 1. The zero-order chi connectivity index (χ0) is 22.1. The Morgan fingerprint density at radius 3 is 2.91 bits per heavy atom. The highest BCUT2D eigenvalue weighted by Gasteiger charge is 2.25. The highest BCUT2D eigenvalue weighted by Crippen LogP contribution is 2.33. The van der Waals surface area contributed by atoms with Crippen LogP contribution >= 0.6 is 11.3 Å². The molecule has 8 heteroatoms. The van der Waals surface area contributed by atoms with E-state index in [1.807, 2.05) is 18.2 Å². The second kappa shape index (κ2) is 8.88. The topological polar surface area (TPSA) is 59.8 Å². The Bertz CT molecular complexity index is 1320. The summed E-state index contributed by atoms with van der Waals surface area (Å²) >= 11 is 1.57. The van der Waals surface area contributed by atoms with E-state index in [2.05, 4.69) is 15.3 Å². The van der Waals surface area contributed by atoms with Crippen LogP contribution < -0.4 is 10.9 Å². The van der Waals surface area contributed by atoms with Gasteiger partial charge in [-0.3, -0.25) is 14.3 Å². The van der Waals surface area contributed by atoms with Gasteiger partial charge < -0.3 is 5.32 Å². The molecule has 0 aliphatic heterocycles. The molecule has 0 unspecified atom stereocenters. The number of hydrogen-bond donors (Lipinski definition) is 1. The Kier molecular flexibility index (Phi) is 5.80. The van der Waals surface area contributed by atoms with Gasteiger partial charge in [0.05, 0.1) is 11.7 Å². The molecule has 1 aliphatic carbocycles. The first-order valence-corrected chi connectivity index (χ1v) is 11.5. The molecule has 0 radical (unpaired) electrons. The van der Waals surface area contributed by atoms with Gasteiger partial charge in [-0.1, -0.05) is 12.1 Å². The molecule has 0 bridgehead atoms. The molecule has 4 aromatic rings. The number of hydrogen-bond acceptors (Lipinski definition) is 5. The second-order valence-corrected chi connectivity index (χ2v) is 9.14. The van der Waals surface area contributed by atoms with Crippen molar-refractivity contribution in [2.75, 3.05) is 0 Å². The smallest absolute Gasteiger partial charge is 0.262 e. The summed E-state index contributed by atoms with van der Waals surface area (Å²) in [5.74, 6) is -1.11. The second-order valence-electron chi connectivity index (χ2n) is 8.05. The van der Waals surface area contributed by atoms with Crippen molar-refractivity contribution in [2.45, 2.75) is 44.8 Å². The van der Waals surface area contributed by atoms with Crippen molar-refractivity contribution < 1.29 is 8.78 Å². The van der Waals surface area contributed by atoms with Crippen molar-refractivity contribution in [1.82, 2.24) is 19.9 Å². The van der Waals surface area contributed by atoms with Gasteiger partial charge in [0.25, 0.3) is 5.56 Å². The summed E-state index contributed by atoms with van der Waals surface area (Å²) in [5.41, 5.74) is 2.49. The Balaban J connectivity index is 1.31. The number of thiophene rings is 1. The van der Waals surface area contributed by atoms with E-state index < -0.39 is 11.6 Å². The maximum atomic E-state index is 13.9. The zero-order valence-electron chi connectivity index (χ0n) is 17.4. The summed E-state index contributed by atoms with van der Waals surface area (Å²) in [7, 11) is 0. The van der Waals surface area contributed by atoms with Gasteiger partial charge >= 0.3 is 0 Å². The van der Waals surface area contributed by atoms with Crippen molar-refractivity contribution >= 4 is 21.6 Å². The zero-order valence-corrected chi connectivity index (χ0v) is 18.2. The number of pyridine rings is 1. The van der Waals surface area contributed by atoms with Crippen LogP contribution in [0, 0.1) is 11.6 Å². The summed E-state index contributed by atoms with van der Waals surface area (Å²) in [6, 6.07) is 9.60. The number of benzene rings is 1. The molecule has 1 N–H and O–H groups in total. The fourth-order valence-electron chi connectivity index (χ4n) is 4.24. The fourth-order valence-corrected chi connectivity index (χ4v) is 5.49. The highest BCUT2D eigenvalue weighted by atomic mass is 32.1. The van der Waals surface area contributed by atoms with E-state index in [9.17, 15) is 13.6 Å². The third-order valence-corrected chi connectivity index (χ3v) is 7.13. The van der Waals surface area contributed by atoms with Gasteiger partial charge in [0.1, 0.15) is 16.5 Å². The van der Waals surface area contributed by atoms with Gasteiger partial charge in [0.15, 0.2) is 0 Å². The van der Waals surface area contributed by atoms with Crippen molar-refractivity contribution in [3.05, 3.63) is 92.6 Å². The van der Waals surface area contributed by atoms with Gasteiger partial charge in [0, 0.05) is 53.9 Å². The molecule has 164 valence electrons. The third kappa shape index (κ3) is 4.20. The third-order valence-electron chi connectivity index (χ3n) is 5.97. The van der Waals surface area contributed by atoms with E-state index in [4.69, 9.17) is 0 Å². The van der Waals surface area contributed by atoms with Crippen molar-refractivity contribution in [1.29, 1.82) is 0 Å². The number of rotatable bonds is 6. The summed E-state index contributed by atoms with van der Waals surface area (Å²) in [5, 5.41) is 4.11. The standard InChI is InChI=1S/C24H22F2N4OS/c25-16-5-4-15(20(26)11-16)13-28-18-6-7-19-21(12-18)32-23-22(19)24(31)30(14-29-23)10-8-17-3-1-2-9-27-17/h1-5,9,11,14,18,28H,6-8,10,12-13H2/t18-/m0/s1. The maximum absolute atomic E-state index is 13.9. The van der Waals surface area contributed by atoms with Crippen LogP contribution in [0.3, 0.4) is 0 Å². The lowest BCUT2D eigenvalue weighted by Crippen LogP contribution is -2.34. The fraction of sp³-hybridized carbons (Fsp3) is 0.292. The molecule has 1 atom stereocenters. The van der Waals surface area contributed by atoms with Gasteiger partial charge in [0.2, 0.25) is 0 Å². The molecular formula is C24H22F2N4OS. The monoisotopic (exact) mass is 452 g/mol. The van der Waals surface area contributed by atoms with Crippen LogP contribution in [0.1, 0.15) is 28.1 Å². The average molecular weight is 453 g/mol. The van der Waals surface area contributed by atoms with E-state index in [-0.39, 0.29) is 11.6 Å². The lowest BCUT2D eigenvalue weighted by molar-refractivity contribution is 0.454. The van der Waals surface area contributed by atoms with Crippen LogP contribution in [-0.2, 0) is 32.4 Å². The molecule has 1 aliphatic rings.